The van der Waals surface area contributed by atoms with Gasteiger partial charge in [0.1, 0.15) is 0 Å². The van der Waals surface area contributed by atoms with E-state index in [0.717, 1.165) is 12.1 Å². The van der Waals surface area contributed by atoms with Crippen LogP contribution in [0.25, 0.3) is 0 Å². The Morgan fingerprint density at radius 1 is 1.27 bits per heavy atom. The van der Waals surface area contributed by atoms with Crippen LogP contribution in [0.5, 0.6) is 0 Å². The van der Waals surface area contributed by atoms with Crippen molar-refractivity contribution in [3.63, 3.8) is 0 Å². The third-order valence-corrected chi connectivity index (χ3v) is 3.73. The summed E-state index contributed by atoms with van der Waals surface area (Å²) in [5, 5.41) is 2.80. The van der Waals surface area contributed by atoms with Crippen LogP contribution in [0, 0.1) is 11.8 Å². The van der Waals surface area contributed by atoms with Gasteiger partial charge in [0.05, 0.1) is 17.6 Å². The molecule has 22 heavy (non-hydrogen) atoms. The third kappa shape index (κ3) is 3.60. The molecule has 0 radical (unpaired) electrons. The highest BCUT2D eigenvalue weighted by atomic mass is 19.4. The molecule has 1 aromatic rings. The summed E-state index contributed by atoms with van der Waals surface area (Å²) in [4.78, 5) is 13.7. The maximum Gasteiger partial charge on any atom is 0.416 e. The highest BCUT2D eigenvalue weighted by Gasteiger charge is 2.36. The molecule has 0 unspecified atom stereocenters. The van der Waals surface area contributed by atoms with Gasteiger partial charge in [-0.15, -0.1) is 0 Å². The van der Waals surface area contributed by atoms with Crippen molar-refractivity contribution in [2.45, 2.75) is 25.6 Å². The van der Waals surface area contributed by atoms with E-state index in [9.17, 15) is 18.0 Å². The maximum absolute atomic E-state index is 12.5. The lowest BCUT2D eigenvalue weighted by molar-refractivity contribution is -0.137. The fourth-order valence-corrected chi connectivity index (χ4v) is 2.20. The Bertz CT molecular complexity index is 609. The lowest BCUT2D eigenvalue weighted by atomic mass is 9.99. The molecule has 1 aromatic carbocycles. The number of nitrogens with zero attached hydrogens (tertiary/aromatic N) is 1. The van der Waals surface area contributed by atoms with Gasteiger partial charge in [-0.05, 0) is 38.1 Å². The molecule has 2 rings (SSSR count). The zero-order valence-electron chi connectivity index (χ0n) is 12.4. The molecule has 0 aromatic heterocycles. The fraction of sp³-hybridized carbons (Fsp3) is 0.438. The second-order valence-electron chi connectivity index (χ2n) is 5.61. The fourth-order valence-electron chi connectivity index (χ4n) is 2.20. The van der Waals surface area contributed by atoms with Gasteiger partial charge >= 0.3 is 6.18 Å². The van der Waals surface area contributed by atoms with E-state index < -0.39 is 17.3 Å². The zero-order valence-corrected chi connectivity index (χ0v) is 12.4. The number of hydrogen-bond acceptors (Lipinski definition) is 2. The van der Waals surface area contributed by atoms with Crippen LogP contribution in [0.4, 0.5) is 13.2 Å². The number of benzene rings is 1. The third-order valence-electron chi connectivity index (χ3n) is 3.73. The Hall–Kier alpha value is -2.00. The van der Waals surface area contributed by atoms with Crippen molar-refractivity contribution in [1.82, 2.24) is 10.2 Å². The molecule has 6 heteroatoms. The highest BCUT2D eigenvalue weighted by Crippen LogP contribution is 2.28. The van der Waals surface area contributed by atoms with Gasteiger partial charge in [0.15, 0.2) is 0 Å². The maximum atomic E-state index is 12.5. The van der Waals surface area contributed by atoms with Crippen LogP contribution in [-0.2, 0) is 11.0 Å². The van der Waals surface area contributed by atoms with E-state index in [4.69, 9.17) is 0 Å². The summed E-state index contributed by atoms with van der Waals surface area (Å²) in [5.74, 6) is 5.71. The molecular weight excluding hydrogens is 293 g/mol. The average molecular weight is 310 g/mol. The number of piperazine rings is 1. The number of amides is 1. The lowest BCUT2D eigenvalue weighted by Gasteiger charge is -2.39. The van der Waals surface area contributed by atoms with Crippen molar-refractivity contribution in [3.05, 3.63) is 35.4 Å². The molecule has 118 valence electrons. The summed E-state index contributed by atoms with van der Waals surface area (Å²) >= 11 is 0. The molecule has 0 atom stereocenters. The minimum atomic E-state index is -4.34. The van der Waals surface area contributed by atoms with Crippen molar-refractivity contribution in [2.24, 2.45) is 0 Å². The van der Waals surface area contributed by atoms with Crippen LogP contribution >= 0.6 is 0 Å². The first-order chi connectivity index (χ1) is 10.2. The number of nitrogens with one attached hydrogen (secondary N) is 1. The minimum absolute atomic E-state index is 0.0462. The predicted molar refractivity (Wildman–Crippen MR) is 77.0 cm³/mol. The highest BCUT2D eigenvalue weighted by molar-refractivity contribution is 5.86. The van der Waals surface area contributed by atoms with Crippen molar-refractivity contribution in [2.75, 3.05) is 19.6 Å². The van der Waals surface area contributed by atoms with Crippen LogP contribution in [0.1, 0.15) is 25.0 Å². The van der Waals surface area contributed by atoms with Crippen LogP contribution in [0.3, 0.4) is 0 Å². The molecule has 1 amide bonds. The Kier molecular flexibility index (Phi) is 4.47. The predicted octanol–water partition coefficient (Wildman–Crippen LogP) is 2.27. The summed E-state index contributed by atoms with van der Waals surface area (Å²) in [6, 6.07) is 4.73. The van der Waals surface area contributed by atoms with E-state index in [2.05, 4.69) is 17.2 Å². The summed E-state index contributed by atoms with van der Waals surface area (Å²) in [6.45, 7) is 5.30. The summed E-state index contributed by atoms with van der Waals surface area (Å²) < 4.78 is 37.4. The molecule has 1 aliphatic rings. The first kappa shape index (κ1) is 16.4. The quantitative estimate of drug-likeness (QED) is 0.807. The molecule has 0 spiro atoms. The number of alkyl halides is 3. The first-order valence-corrected chi connectivity index (χ1v) is 6.91. The Morgan fingerprint density at radius 2 is 1.91 bits per heavy atom. The average Bonchev–Trinajstić information content (AvgIpc) is 2.43. The van der Waals surface area contributed by atoms with Gasteiger partial charge in [0.25, 0.3) is 0 Å². The smallest absolute Gasteiger partial charge is 0.353 e. The largest absolute Gasteiger partial charge is 0.416 e. The van der Waals surface area contributed by atoms with E-state index in [-0.39, 0.29) is 5.91 Å². The number of hydrogen-bond donors (Lipinski definition) is 1. The summed E-state index contributed by atoms with van der Waals surface area (Å²) in [5.41, 5.74) is -0.799. The van der Waals surface area contributed by atoms with E-state index in [1.807, 2.05) is 18.7 Å². The summed E-state index contributed by atoms with van der Waals surface area (Å²) in [7, 11) is 0. The molecule has 1 N–H and O–H groups in total. The summed E-state index contributed by atoms with van der Waals surface area (Å²) in [6.07, 6.45) is -4.34. The zero-order chi connectivity index (χ0) is 16.4. The lowest BCUT2D eigenvalue weighted by Crippen LogP contribution is -2.61. The second-order valence-corrected chi connectivity index (χ2v) is 5.61. The van der Waals surface area contributed by atoms with Crippen molar-refractivity contribution in [3.8, 4) is 11.8 Å². The Labute approximate surface area is 127 Å². The van der Waals surface area contributed by atoms with Gasteiger partial charge in [-0.25, -0.2) is 0 Å². The molecule has 1 saturated heterocycles. The number of halogens is 3. The van der Waals surface area contributed by atoms with Gasteiger partial charge in [-0.2, -0.15) is 13.2 Å². The van der Waals surface area contributed by atoms with E-state index in [1.54, 1.807) is 0 Å². The minimum Gasteiger partial charge on any atom is -0.353 e. The Morgan fingerprint density at radius 3 is 2.50 bits per heavy atom. The van der Waals surface area contributed by atoms with Crippen molar-refractivity contribution >= 4 is 5.91 Å². The van der Waals surface area contributed by atoms with Crippen molar-refractivity contribution in [1.29, 1.82) is 0 Å². The van der Waals surface area contributed by atoms with Gasteiger partial charge in [0.2, 0.25) is 5.91 Å². The molecule has 1 heterocycles. The molecule has 3 nitrogen and oxygen atoms in total. The van der Waals surface area contributed by atoms with Gasteiger partial charge in [0, 0.05) is 18.7 Å². The van der Waals surface area contributed by atoms with Crippen LogP contribution in [-0.4, -0.2) is 36.0 Å². The number of rotatable bonds is 1. The van der Waals surface area contributed by atoms with Gasteiger partial charge < -0.3 is 5.32 Å². The molecule has 0 aliphatic carbocycles. The van der Waals surface area contributed by atoms with Crippen molar-refractivity contribution < 1.29 is 18.0 Å². The Balaban J connectivity index is 2.03. The van der Waals surface area contributed by atoms with Crippen LogP contribution in [0.15, 0.2) is 24.3 Å². The second kappa shape index (κ2) is 6.01. The van der Waals surface area contributed by atoms with Crippen LogP contribution < -0.4 is 5.32 Å². The molecule has 1 fully saturated rings. The van der Waals surface area contributed by atoms with Crippen LogP contribution in [0.2, 0.25) is 0 Å². The first-order valence-electron chi connectivity index (χ1n) is 6.91. The standard InChI is InChI=1S/C16H17F3N2O/c1-15(2)14(22)20-9-11-21(15)10-3-4-12-5-7-13(8-6-12)16(17,18)19/h5-8H,9-11H2,1-2H3,(H,20,22). The molecule has 1 aliphatic heterocycles. The van der Waals surface area contributed by atoms with E-state index in [0.29, 0.717) is 25.2 Å². The molecule has 0 bridgehead atoms. The normalized spacial score (nSPS) is 18.3. The topological polar surface area (TPSA) is 32.3 Å². The van der Waals surface area contributed by atoms with E-state index >= 15 is 0 Å². The molecular formula is C16H17F3N2O. The van der Waals surface area contributed by atoms with E-state index in [1.165, 1.54) is 12.1 Å². The monoisotopic (exact) mass is 310 g/mol. The van der Waals surface area contributed by atoms with Gasteiger partial charge in [-0.3, -0.25) is 9.69 Å². The number of carbonyl (C=O) groups is 1. The molecule has 0 saturated carbocycles. The van der Waals surface area contributed by atoms with Gasteiger partial charge in [-0.1, -0.05) is 11.8 Å². The number of carbonyl (C=O) groups excluding carboxylic acids is 1. The SMILES string of the molecule is CC1(C)C(=O)NCCN1CC#Cc1ccc(C(F)(F)F)cc1.